The van der Waals surface area contributed by atoms with Gasteiger partial charge in [0.2, 0.25) is 5.71 Å². The van der Waals surface area contributed by atoms with Gasteiger partial charge in [-0.1, -0.05) is 0 Å². The number of aromatic nitrogens is 4. The van der Waals surface area contributed by atoms with Crippen LogP contribution in [0.4, 0.5) is 5.82 Å². The topological polar surface area (TPSA) is 89.1 Å². The van der Waals surface area contributed by atoms with Crippen LogP contribution in [0, 0.1) is 6.92 Å². The van der Waals surface area contributed by atoms with Crippen LogP contribution in [0.3, 0.4) is 0 Å². The minimum absolute atomic E-state index is 0.0446. The van der Waals surface area contributed by atoms with E-state index in [0.29, 0.717) is 47.9 Å². The van der Waals surface area contributed by atoms with Crippen LogP contribution in [0.1, 0.15) is 41.6 Å². The Bertz CT molecular complexity index is 1020. The average Bonchev–Trinajstić information content (AvgIpc) is 3.01. The van der Waals surface area contributed by atoms with Gasteiger partial charge < -0.3 is 14.6 Å². The van der Waals surface area contributed by atoms with Crippen LogP contribution in [0.2, 0.25) is 0 Å². The van der Waals surface area contributed by atoms with E-state index in [9.17, 15) is 4.79 Å². The van der Waals surface area contributed by atoms with Crippen LogP contribution < -0.4 is 5.32 Å². The van der Waals surface area contributed by atoms with Crippen LogP contribution in [0.15, 0.2) is 22.9 Å². The predicted octanol–water partition coefficient (Wildman–Crippen LogP) is 2.35. The number of aryl methyl sites for hydroxylation is 1. The molecule has 5 rings (SSSR count). The Labute approximate surface area is 150 Å². The minimum atomic E-state index is -0.0624. The van der Waals surface area contributed by atoms with E-state index in [0.717, 1.165) is 18.5 Å². The highest BCUT2D eigenvalue weighted by atomic mass is 16.3. The molecule has 1 aliphatic heterocycles. The zero-order chi connectivity index (χ0) is 17.9. The third-order valence-electron chi connectivity index (χ3n) is 5.22. The largest absolute Gasteiger partial charge is 0.445 e. The van der Waals surface area contributed by atoms with Crippen molar-refractivity contribution in [3.8, 4) is 0 Å². The highest BCUT2D eigenvalue weighted by Gasteiger charge is 2.38. The lowest BCUT2D eigenvalue weighted by Gasteiger charge is -2.27. The molecule has 0 bridgehead atoms. The molecular formula is C18H20N6O2. The first kappa shape index (κ1) is 15.4. The van der Waals surface area contributed by atoms with Crippen molar-refractivity contribution in [3.05, 3.63) is 35.6 Å². The molecule has 134 valence electrons. The number of fused-ring (bicyclic) bond motifs is 2. The molecule has 3 aromatic rings. The van der Waals surface area contributed by atoms with Crippen LogP contribution in [0.25, 0.3) is 11.1 Å². The average molecular weight is 352 g/mol. The summed E-state index contributed by atoms with van der Waals surface area (Å²) in [5.41, 5.74) is 2.05. The second kappa shape index (κ2) is 5.30. The van der Waals surface area contributed by atoms with Crippen molar-refractivity contribution in [2.45, 2.75) is 45.3 Å². The summed E-state index contributed by atoms with van der Waals surface area (Å²) >= 11 is 0. The maximum absolute atomic E-state index is 13.2. The first-order valence-electron chi connectivity index (χ1n) is 8.86. The quantitative estimate of drug-likeness (QED) is 0.778. The van der Waals surface area contributed by atoms with E-state index < -0.39 is 0 Å². The summed E-state index contributed by atoms with van der Waals surface area (Å²) in [7, 11) is 0. The van der Waals surface area contributed by atoms with Gasteiger partial charge in [-0.3, -0.25) is 9.48 Å². The van der Waals surface area contributed by atoms with Gasteiger partial charge >= 0.3 is 0 Å². The molecule has 0 spiro atoms. The molecule has 1 fully saturated rings. The number of hydrogen-bond donors (Lipinski definition) is 1. The van der Waals surface area contributed by atoms with E-state index in [2.05, 4.69) is 27.3 Å². The SMILES string of the molecule is Cc1nc(NC2(C)CC2)c2c(C(=O)N3CCn4nccc4C3)coc2n1. The second-order valence-electron chi connectivity index (χ2n) is 7.41. The Morgan fingerprint density at radius 2 is 2.15 bits per heavy atom. The normalized spacial score (nSPS) is 18.0. The van der Waals surface area contributed by atoms with Gasteiger partial charge in [-0.2, -0.15) is 10.1 Å². The lowest BCUT2D eigenvalue weighted by Crippen LogP contribution is -2.38. The van der Waals surface area contributed by atoms with Gasteiger partial charge in [-0.15, -0.1) is 0 Å². The molecule has 0 radical (unpaired) electrons. The summed E-state index contributed by atoms with van der Waals surface area (Å²) in [6, 6.07) is 1.94. The Morgan fingerprint density at radius 1 is 1.31 bits per heavy atom. The number of carbonyl (C=O) groups excluding carboxylic acids is 1. The van der Waals surface area contributed by atoms with Crippen LogP contribution in [-0.2, 0) is 13.1 Å². The first-order chi connectivity index (χ1) is 12.5. The number of nitrogens with one attached hydrogen (secondary N) is 1. The zero-order valence-electron chi connectivity index (χ0n) is 14.8. The molecule has 2 aliphatic rings. The van der Waals surface area contributed by atoms with E-state index in [1.165, 1.54) is 6.26 Å². The predicted molar refractivity (Wildman–Crippen MR) is 94.8 cm³/mol. The standard InChI is InChI=1S/C18H20N6O2/c1-11-20-15(22-18(2)4-5-18)14-13(10-26-16(14)21-11)17(25)23-7-8-24-12(9-23)3-6-19-24/h3,6,10H,4-5,7-9H2,1-2H3,(H,20,21,22). The van der Waals surface area contributed by atoms with Gasteiger partial charge in [-0.25, -0.2) is 4.98 Å². The fraction of sp³-hybridized carbons (Fsp3) is 0.444. The van der Waals surface area contributed by atoms with Crippen molar-refractivity contribution >= 4 is 22.8 Å². The van der Waals surface area contributed by atoms with E-state index in [1.54, 1.807) is 6.20 Å². The molecule has 0 saturated heterocycles. The number of rotatable bonds is 3. The summed E-state index contributed by atoms with van der Waals surface area (Å²) in [5, 5.41) is 8.41. The third kappa shape index (κ3) is 2.44. The molecule has 3 aromatic heterocycles. The van der Waals surface area contributed by atoms with Crippen LogP contribution in [0.5, 0.6) is 0 Å². The van der Waals surface area contributed by atoms with E-state index in [1.807, 2.05) is 22.6 Å². The van der Waals surface area contributed by atoms with Crippen molar-refractivity contribution in [1.29, 1.82) is 0 Å². The number of amides is 1. The number of carbonyl (C=O) groups is 1. The molecule has 4 heterocycles. The smallest absolute Gasteiger partial charge is 0.258 e. The van der Waals surface area contributed by atoms with E-state index in [4.69, 9.17) is 4.42 Å². The van der Waals surface area contributed by atoms with Gasteiger partial charge in [0.1, 0.15) is 17.9 Å². The van der Waals surface area contributed by atoms with Crippen molar-refractivity contribution in [2.75, 3.05) is 11.9 Å². The molecule has 8 nitrogen and oxygen atoms in total. The molecular weight excluding hydrogens is 332 g/mol. The summed E-state index contributed by atoms with van der Waals surface area (Å²) in [5.74, 6) is 1.25. The van der Waals surface area contributed by atoms with E-state index in [-0.39, 0.29) is 11.4 Å². The Balaban J connectivity index is 1.53. The number of hydrogen-bond acceptors (Lipinski definition) is 6. The number of furan rings is 1. The summed E-state index contributed by atoms with van der Waals surface area (Å²) in [6.45, 7) is 5.84. The fourth-order valence-electron chi connectivity index (χ4n) is 3.42. The molecule has 1 amide bonds. The van der Waals surface area contributed by atoms with Gasteiger partial charge in [0.25, 0.3) is 5.91 Å². The Morgan fingerprint density at radius 3 is 2.96 bits per heavy atom. The highest BCUT2D eigenvalue weighted by Crippen LogP contribution is 2.40. The maximum Gasteiger partial charge on any atom is 0.258 e. The highest BCUT2D eigenvalue weighted by molar-refractivity contribution is 6.09. The van der Waals surface area contributed by atoms with E-state index >= 15 is 0 Å². The first-order valence-corrected chi connectivity index (χ1v) is 8.86. The van der Waals surface area contributed by atoms with Crippen molar-refractivity contribution in [3.63, 3.8) is 0 Å². The number of anilines is 1. The summed E-state index contributed by atoms with van der Waals surface area (Å²) in [6.07, 6.45) is 5.46. The minimum Gasteiger partial charge on any atom is -0.445 e. The molecule has 0 unspecified atom stereocenters. The molecule has 1 saturated carbocycles. The van der Waals surface area contributed by atoms with Crippen LogP contribution >= 0.6 is 0 Å². The second-order valence-corrected chi connectivity index (χ2v) is 7.41. The third-order valence-corrected chi connectivity index (χ3v) is 5.22. The van der Waals surface area contributed by atoms with Gasteiger partial charge in [0, 0.05) is 18.3 Å². The van der Waals surface area contributed by atoms with Crippen molar-refractivity contribution in [1.82, 2.24) is 24.6 Å². The number of nitrogens with zero attached hydrogens (tertiary/aromatic N) is 5. The van der Waals surface area contributed by atoms with Crippen LogP contribution in [-0.4, -0.2) is 42.6 Å². The summed E-state index contributed by atoms with van der Waals surface area (Å²) < 4.78 is 7.55. The molecule has 8 heteroatoms. The molecule has 0 atom stereocenters. The Kier molecular flexibility index (Phi) is 3.13. The lowest BCUT2D eigenvalue weighted by atomic mass is 10.1. The molecule has 1 N–H and O–H groups in total. The van der Waals surface area contributed by atoms with Gasteiger partial charge in [0.15, 0.2) is 0 Å². The van der Waals surface area contributed by atoms with Gasteiger partial charge in [0.05, 0.1) is 29.7 Å². The zero-order valence-corrected chi connectivity index (χ0v) is 14.8. The maximum atomic E-state index is 13.2. The Hall–Kier alpha value is -2.90. The molecule has 26 heavy (non-hydrogen) atoms. The molecule has 0 aromatic carbocycles. The fourth-order valence-corrected chi connectivity index (χ4v) is 3.42. The molecule has 1 aliphatic carbocycles. The lowest BCUT2D eigenvalue weighted by molar-refractivity contribution is 0.0707. The monoisotopic (exact) mass is 352 g/mol. The van der Waals surface area contributed by atoms with Gasteiger partial charge in [-0.05, 0) is 32.8 Å². The van der Waals surface area contributed by atoms with Crippen molar-refractivity contribution < 1.29 is 9.21 Å². The summed E-state index contributed by atoms with van der Waals surface area (Å²) in [4.78, 5) is 23.9. The van der Waals surface area contributed by atoms with Crippen molar-refractivity contribution in [2.24, 2.45) is 0 Å².